The second-order valence-electron chi connectivity index (χ2n) is 4.40. The Morgan fingerprint density at radius 2 is 2.20 bits per heavy atom. The maximum absolute atomic E-state index is 5.94. The molecule has 3 atom stereocenters. The lowest BCUT2D eigenvalue weighted by Gasteiger charge is -2.15. The van der Waals surface area contributed by atoms with Crippen LogP contribution in [0.25, 0.3) is 0 Å². The van der Waals surface area contributed by atoms with Crippen LogP contribution >= 0.6 is 0 Å². The predicted octanol–water partition coefficient (Wildman–Crippen LogP) is 1.77. The molecule has 10 heavy (non-hydrogen) atoms. The zero-order valence-electron chi connectivity index (χ0n) is 6.93. The molecule has 2 fully saturated rings. The van der Waals surface area contributed by atoms with Crippen LogP contribution in [0.5, 0.6) is 0 Å². The van der Waals surface area contributed by atoms with Gasteiger partial charge in [-0.05, 0) is 36.5 Å². The minimum Gasteiger partial charge on any atom is -0.327 e. The molecule has 2 saturated carbocycles. The molecule has 0 aromatic carbocycles. The van der Waals surface area contributed by atoms with Gasteiger partial charge in [0.25, 0.3) is 0 Å². The number of rotatable bonds is 1. The van der Waals surface area contributed by atoms with Crippen molar-refractivity contribution in [2.24, 2.45) is 23.0 Å². The van der Waals surface area contributed by atoms with Gasteiger partial charge in [0.15, 0.2) is 0 Å². The van der Waals surface area contributed by atoms with E-state index in [0.717, 1.165) is 11.8 Å². The Morgan fingerprint density at radius 1 is 1.50 bits per heavy atom. The molecule has 0 radical (unpaired) electrons. The van der Waals surface area contributed by atoms with E-state index >= 15 is 0 Å². The summed E-state index contributed by atoms with van der Waals surface area (Å²) in [6.07, 6.45) is 4.10. The van der Waals surface area contributed by atoms with Crippen LogP contribution in [0, 0.1) is 17.3 Å². The smallest absolute Gasteiger partial charge is 0.00729 e. The van der Waals surface area contributed by atoms with E-state index in [9.17, 15) is 0 Å². The SMILES string of the molecule is CC(C)[C@]12CCC(N)[C@H]1C2. The lowest BCUT2D eigenvalue weighted by Crippen LogP contribution is -2.19. The van der Waals surface area contributed by atoms with E-state index in [4.69, 9.17) is 5.73 Å². The fraction of sp³-hybridized carbons (Fsp3) is 1.00. The van der Waals surface area contributed by atoms with Gasteiger partial charge in [0, 0.05) is 6.04 Å². The van der Waals surface area contributed by atoms with Crippen molar-refractivity contribution >= 4 is 0 Å². The van der Waals surface area contributed by atoms with Crippen molar-refractivity contribution in [3.05, 3.63) is 0 Å². The molecule has 1 heteroatoms. The summed E-state index contributed by atoms with van der Waals surface area (Å²) < 4.78 is 0. The van der Waals surface area contributed by atoms with Gasteiger partial charge in [-0.3, -0.25) is 0 Å². The van der Waals surface area contributed by atoms with Crippen molar-refractivity contribution in [3.8, 4) is 0 Å². The molecule has 0 aromatic rings. The molecule has 0 heterocycles. The summed E-state index contributed by atoms with van der Waals surface area (Å²) in [4.78, 5) is 0. The number of hydrogen-bond acceptors (Lipinski definition) is 1. The fourth-order valence-corrected chi connectivity index (χ4v) is 2.80. The van der Waals surface area contributed by atoms with E-state index in [1.807, 2.05) is 0 Å². The third-order valence-corrected chi connectivity index (χ3v) is 3.79. The van der Waals surface area contributed by atoms with E-state index < -0.39 is 0 Å². The summed E-state index contributed by atoms with van der Waals surface area (Å²) in [6, 6.07) is 0.544. The molecule has 0 saturated heterocycles. The first-order valence-electron chi connectivity index (χ1n) is 4.42. The first kappa shape index (κ1) is 6.66. The topological polar surface area (TPSA) is 26.0 Å². The Morgan fingerprint density at radius 3 is 2.40 bits per heavy atom. The Bertz CT molecular complexity index is 153. The Balaban J connectivity index is 2.11. The van der Waals surface area contributed by atoms with Crippen LogP contribution in [0.1, 0.15) is 33.1 Å². The van der Waals surface area contributed by atoms with E-state index in [-0.39, 0.29) is 0 Å². The average Bonchev–Trinajstić information content (AvgIpc) is 2.52. The van der Waals surface area contributed by atoms with Gasteiger partial charge in [-0.15, -0.1) is 0 Å². The predicted molar refractivity (Wildman–Crippen MR) is 42.6 cm³/mol. The van der Waals surface area contributed by atoms with Crippen LogP contribution in [0.15, 0.2) is 0 Å². The monoisotopic (exact) mass is 139 g/mol. The van der Waals surface area contributed by atoms with Gasteiger partial charge >= 0.3 is 0 Å². The zero-order valence-corrected chi connectivity index (χ0v) is 6.93. The second-order valence-corrected chi connectivity index (χ2v) is 4.40. The Hall–Kier alpha value is -0.0400. The second kappa shape index (κ2) is 1.76. The van der Waals surface area contributed by atoms with Crippen molar-refractivity contribution in [1.82, 2.24) is 0 Å². The van der Waals surface area contributed by atoms with Crippen LogP contribution in [0.4, 0.5) is 0 Å². The summed E-state index contributed by atoms with van der Waals surface area (Å²) in [7, 11) is 0. The molecule has 2 rings (SSSR count). The molecule has 2 aliphatic carbocycles. The highest BCUT2D eigenvalue weighted by Crippen LogP contribution is 2.66. The molecule has 1 nitrogen and oxygen atoms in total. The lowest BCUT2D eigenvalue weighted by atomic mass is 9.90. The molecule has 0 aromatic heterocycles. The number of fused-ring (bicyclic) bond motifs is 1. The Kier molecular flexibility index (Phi) is 1.17. The summed E-state index contributed by atoms with van der Waals surface area (Å²) >= 11 is 0. The highest BCUT2D eigenvalue weighted by molar-refractivity contribution is 5.13. The van der Waals surface area contributed by atoms with Gasteiger partial charge in [0.05, 0.1) is 0 Å². The molecule has 1 unspecified atom stereocenters. The molecule has 0 spiro atoms. The van der Waals surface area contributed by atoms with Crippen LogP contribution in [-0.4, -0.2) is 6.04 Å². The molecule has 0 bridgehead atoms. The third-order valence-electron chi connectivity index (χ3n) is 3.79. The maximum Gasteiger partial charge on any atom is 0.00729 e. The van der Waals surface area contributed by atoms with Crippen molar-refractivity contribution in [3.63, 3.8) is 0 Å². The summed E-state index contributed by atoms with van der Waals surface area (Å²) in [5, 5.41) is 0. The molecular formula is C9H17N. The highest BCUT2D eigenvalue weighted by Gasteiger charge is 2.61. The van der Waals surface area contributed by atoms with Crippen LogP contribution in [0.2, 0.25) is 0 Å². The van der Waals surface area contributed by atoms with Gasteiger partial charge in [0.1, 0.15) is 0 Å². The minimum absolute atomic E-state index is 0.544. The van der Waals surface area contributed by atoms with Crippen molar-refractivity contribution < 1.29 is 0 Å². The standard InChI is InChI=1S/C9H17N/c1-6(2)9-4-3-8(10)7(9)5-9/h6-8H,3-5,10H2,1-2H3/t7-,8?,9-/m1/s1. The average molecular weight is 139 g/mol. The van der Waals surface area contributed by atoms with Crippen molar-refractivity contribution in [2.45, 2.75) is 39.2 Å². The Labute approximate surface area is 63.0 Å². The largest absolute Gasteiger partial charge is 0.327 e. The molecule has 58 valence electrons. The fourth-order valence-electron chi connectivity index (χ4n) is 2.80. The van der Waals surface area contributed by atoms with E-state index in [1.54, 1.807) is 0 Å². The van der Waals surface area contributed by atoms with Crippen LogP contribution in [-0.2, 0) is 0 Å². The van der Waals surface area contributed by atoms with Gasteiger partial charge in [-0.25, -0.2) is 0 Å². The number of nitrogens with two attached hydrogens (primary N) is 1. The maximum atomic E-state index is 5.94. The van der Waals surface area contributed by atoms with Crippen molar-refractivity contribution in [2.75, 3.05) is 0 Å². The first-order valence-corrected chi connectivity index (χ1v) is 4.42. The molecular weight excluding hydrogens is 122 g/mol. The normalized spacial score (nSPS) is 51.6. The van der Waals surface area contributed by atoms with Crippen LogP contribution in [0.3, 0.4) is 0 Å². The number of hydrogen-bond donors (Lipinski definition) is 1. The molecule has 0 aliphatic heterocycles. The summed E-state index contributed by atoms with van der Waals surface area (Å²) in [6.45, 7) is 4.69. The molecule has 2 N–H and O–H groups in total. The summed E-state index contributed by atoms with van der Waals surface area (Å²) in [5.41, 5.74) is 6.65. The van der Waals surface area contributed by atoms with Crippen molar-refractivity contribution in [1.29, 1.82) is 0 Å². The van der Waals surface area contributed by atoms with Crippen LogP contribution < -0.4 is 5.73 Å². The van der Waals surface area contributed by atoms with E-state index in [2.05, 4.69) is 13.8 Å². The highest BCUT2D eigenvalue weighted by atomic mass is 14.8. The quantitative estimate of drug-likeness (QED) is 0.588. The summed E-state index contributed by atoms with van der Waals surface area (Å²) in [5.74, 6) is 1.76. The van der Waals surface area contributed by atoms with Gasteiger partial charge < -0.3 is 5.73 Å². The third kappa shape index (κ3) is 0.619. The lowest BCUT2D eigenvalue weighted by molar-refractivity contribution is 0.343. The van der Waals surface area contributed by atoms with E-state index in [0.29, 0.717) is 11.5 Å². The van der Waals surface area contributed by atoms with E-state index in [1.165, 1.54) is 19.3 Å². The van der Waals surface area contributed by atoms with Gasteiger partial charge in [-0.1, -0.05) is 13.8 Å². The molecule has 0 amide bonds. The zero-order chi connectivity index (χ0) is 7.35. The first-order chi connectivity index (χ1) is 4.67. The minimum atomic E-state index is 0.544. The van der Waals surface area contributed by atoms with Gasteiger partial charge in [-0.2, -0.15) is 0 Å². The molecule has 2 aliphatic rings. The van der Waals surface area contributed by atoms with Gasteiger partial charge in [0.2, 0.25) is 0 Å².